The Labute approximate surface area is 171 Å². The lowest BCUT2D eigenvalue weighted by Gasteiger charge is -2.25. The lowest BCUT2D eigenvalue weighted by Crippen LogP contribution is -2.30. The lowest BCUT2D eigenvalue weighted by atomic mass is 10.1. The zero-order chi connectivity index (χ0) is 21.3. The minimum absolute atomic E-state index is 0.00648. The minimum atomic E-state index is -0.463. The first-order chi connectivity index (χ1) is 14.4. The number of nitro groups is 1. The van der Waals surface area contributed by atoms with Crippen molar-refractivity contribution in [2.75, 3.05) is 6.79 Å². The van der Waals surface area contributed by atoms with E-state index in [1.54, 1.807) is 24.3 Å². The van der Waals surface area contributed by atoms with Crippen LogP contribution in [0, 0.1) is 10.1 Å². The van der Waals surface area contributed by atoms with E-state index in [9.17, 15) is 15.2 Å². The average Bonchev–Trinajstić information content (AvgIpc) is 3.36. The average molecular weight is 412 g/mol. The van der Waals surface area contributed by atoms with Gasteiger partial charge in [0, 0.05) is 41.9 Å². The van der Waals surface area contributed by atoms with Crippen LogP contribution in [0.15, 0.2) is 40.8 Å². The molecular formula is C20H20N4O6. The maximum absolute atomic E-state index is 10.8. The van der Waals surface area contributed by atoms with Gasteiger partial charge in [0.05, 0.1) is 11.5 Å². The van der Waals surface area contributed by atoms with Crippen molar-refractivity contribution in [2.45, 2.75) is 33.0 Å². The fourth-order valence-electron chi connectivity index (χ4n) is 3.07. The first kappa shape index (κ1) is 19.6. The van der Waals surface area contributed by atoms with Crippen LogP contribution >= 0.6 is 0 Å². The Morgan fingerprint density at radius 1 is 1.13 bits per heavy atom. The summed E-state index contributed by atoms with van der Waals surface area (Å²) in [5.74, 6) is 1.94. The second-order valence-corrected chi connectivity index (χ2v) is 7.14. The van der Waals surface area contributed by atoms with Crippen molar-refractivity contribution in [3.8, 4) is 28.7 Å². The molecule has 1 aromatic heterocycles. The molecule has 0 fully saturated rings. The maximum Gasteiger partial charge on any atom is 0.269 e. The molecule has 0 bridgehead atoms. The second-order valence-electron chi connectivity index (χ2n) is 7.14. The molecule has 0 saturated heterocycles. The summed E-state index contributed by atoms with van der Waals surface area (Å²) in [5.41, 5.74) is 1.29. The van der Waals surface area contributed by atoms with Crippen LogP contribution in [0.1, 0.15) is 25.3 Å². The van der Waals surface area contributed by atoms with Crippen LogP contribution in [0.25, 0.3) is 11.5 Å². The summed E-state index contributed by atoms with van der Waals surface area (Å²) in [6.07, 6.45) is 0. The maximum atomic E-state index is 10.8. The number of hydrogen-bond acceptors (Lipinski definition) is 9. The van der Waals surface area contributed by atoms with Gasteiger partial charge in [0.25, 0.3) is 5.69 Å². The molecule has 10 heteroatoms. The molecule has 0 radical (unpaired) electrons. The fraction of sp³-hybridized carbons (Fsp3) is 0.300. The number of hydrogen-bond donors (Lipinski definition) is 1. The third-order valence-corrected chi connectivity index (χ3v) is 4.81. The first-order valence-corrected chi connectivity index (χ1v) is 9.33. The molecule has 2 heterocycles. The minimum Gasteiger partial charge on any atom is -0.507 e. The number of non-ortho nitro benzene ring substituents is 1. The predicted octanol–water partition coefficient (Wildman–Crippen LogP) is 3.49. The van der Waals surface area contributed by atoms with Gasteiger partial charge in [-0.05, 0) is 32.0 Å². The zero-order valence-corrected chi connectivity index (χ0v) is 16.4. The number of aromatic nitrogens is 2. The van der Waals surface area contributed by atoms with Crippen molar-refractivity contribution >= 4 is 5.69 Å². The van der Waals surface area contributed by atoms with Gasteiger partial charge in [-0.2, -0.15) is 0 Å². The SMILES string of the molecule is CC(C)N(Cc1nnc(-c2ccc([N+](=O)[O-])cc2)o1)Cc1cc2c(cc1O)OCO2. The molecule has 0 saturated carbocycles. The molecule has 2 aromatic carbocycles. The van der Waals surface area contributed by atoms with Crippen LogP contribution in [-0.4, -0.2) is 38.0 Å². The van der Waals surface area contributed by atoms with Crippen molar-refractivity contribution in [2.24, 2.45) is 0 Å². The largest absolute Gasteiger partial charge is 0.507 e. The van der Waals surface area contributed by atoms with Crippen LogP contribution in [0.5, 0.6) is 17.2 Å². The Morgan fingerprint density at radius 2 is 1.83 bits per heavy atom. The monoisotopic (exact) mass is 412 g/mol. The van der Waals surface area contributed by atoms with E-state index >= 15 is 0 Å². The molecule has 3 aromatic rings. The Bertz CT molecular complexity index is 1060. The highest BCUT2D eigenvalue weighted by Gasteiger charge is 2.21. The number of nitrogens with zero attached hydrogens (tertiary/aromatic N) is 4. The van der Waals surface area contributed by atoms with Crippen molar-refractivity contribution in [1.29, 1.82) is 0 Å². The quantitative estimate of drug-likeness (QED) is 0.458. The van der Waals surface area contributed by atoms with E-state index in [0.29, 0.717) is 41.6 Å². The van der Waals surface area contributed by atoms with Gasteiger partial charge >= 0.3 is 0 Å². The highest BCUT2D eigenvalue weighted by Crippen LogP contribution is 2.38. The topological polar surface area (TPSA) is 124 Å². The summed E-state index contributed by atoms with van der Waals surface area (Å²) in [7, 11) is 0. The van der Waals surface area contributed by atoms with Crippen LogP contribution in [0.4, 0.5) is 5.69 Å². The van der Waals surface area contributed by atoms with Crippen molar-refractivity contribution in [3.63, 3.8) is 0 Å². The molecule has 1 aliphatic heterocycles. The summed E-state index contributed by atoms with van der Waals surface area (Å²) in [5, 5.41) is 29.3. The molecule has 0 atom stereocenters. The fourth-order valence-corrected chi connectivity index (χ4v) is 3.07. The normalized spacial score (nSPS) is 12.7. The molecule has 0 aliphatic carbocycles. The summed E-state index contributed by atoms with van der Waals surface area (Å²) in [4.78, 5) is 12.4. The molecule has 0 spiro atoms. The number of phenols is 1. The Kier molecular flexibility index (Phi) is 5.23. The van der Waals surface area contributed by atoms with Crippen LogP contribution in [0.3, 0.4) is 0 Å². The zero-order valence-electron chi connectivity index (χ0n) is 16.4. The lowest BCUT2D eigenvalue weighted by molar-refractivity contribution is -0.384. The van der Waals surface area contributed by atoms with Gasteiger partial charge in [-0.15, -0.1) is 10.2 Å². The number of fused-ring (bicyclic) bond motifs is 1. The van der Waals surface area contributed by atoms with Gasteiger partial charge in [0.15, 0.2) is 11.5 Å². The molecule has 156 valence electrons. The number of ether oxygens (including phenoxy) is 2. The molecule has 1 N–H and O–H groups in total. The highest BCUT2D eigenvalue weighted by atomic mass is 16.7. The molecule has 0 amide bonds. The van der Waals surface area contributed by atoms with Gasteiger partial charge in [-0.1, -0.05) is 0 Å². The molecule has 10 nitrogen and oxygen atoms in total. The van der Waals surface area contributed by atoms with Crippen molar-refractivity contribution in [3.05, 3.63) is 58.0 Å². The first-order valence-electron chi connectivity index (χ1n) is 9.33. The smallest absolute Gasteiger partial charge is 0.269 e. The number of aromatic hydroxyl groups is 1. The third-order valence-electron chi connectivity index (χ3n) is 4.81. The van der Waals surface area contributed by atoms with Crippen molar-refractivity contribution in [1.82, 2.24) is 15.1 Å². The number of rotatable bonds is 7. The van der Waals surface area contributed by atoms with E-state index in [-0.39, 0.29) is 30.2 Å². The number of phenolic OH excluding ortho intramolecular Hbond substituents is 1. The van der Waals surface area contributed by atoms with E-state index in [0.717, 1.165) is 0 Å². The van der Waals surface area contributed by atoms with Crippen LogP contribution < -0.4 is 9.47 Å². The Morgan fingerprint density at radius 3 is 2.50 bits per heavy atom. The van der Waals surface area contributed by atoms with E-state index in [1.807, 2.05) is 13.8 Å². The summed E-state index contributed by atoms with van der Waals surface area (Å²) in [6, 6.07) is 9.37. The summed E-state index contributed by atoms with van der Waals surface area (Å²) >= 11 is 0. The predicted molar refractivity (Wildman–Crippen MR) is 105 cm³/mol. The van der Waals surface area contributed by atoms with Gasteiger partial charge in [0.2, 0.25) is 18.6 Å². The summed E-state index contributed by atoms with van der Waals surface area (Å²) < 4.78 is 16.4. The molecule has 0 unspecified atom stereocenters. The number of benzene rings is 2. The van der Waals surface area contributed by atoms with Crippen molar-refractivity contribution < 1.29 is 23.9 Å². The van der Waals surface area contributed by atoms with Crippen LogP contribution in [0.2, 0.25) is 0 Å². The molecular weight excluding hydrogens is 392 g/mol. The van der Waals surface area contributed by atoms with Gasteiger partial charge in [0.1, 0.15) is 5.75 Å². The highest BCUT2D eigenvalue weighted by molar-refractivity contribution is 5.55. The van der Waals surface area contributed by atoms with E-state index in [1.165, 1.54) is 12.1 Å². The number of nitro benzene ring substituents is 1. The Balaban J connectivity index is 1.50. The van der Waals surface area contributed by atoms with Gasteiger partial charge in [-0.3, -0.25) is 15.0 Å². The molecule has 4 rings (SSSR count). The standard InChI is InChI=1S/C20H20N4O6/c1-12(2)23(9-14-7-17-18(8-16(14)25)29-11-28-17)10-19-21-22-20(30-19)13-3-5-15(6-4-13)24(26)27/h3-8,12,25H,9-11H2,1-2H3. The molecule has 30 heavy (non-hydrogen) atoms. The van der Waals surface area contributed by atoms with E-state index in [4.69, 9.17) is 13.9 Å². The Hall–Kier alpha value is -3.66. The van der Waals surface area contributed by atoms with E-state index in [2.05, 4.69) is 15.1 Å². The second kappa shape index (κ2) is 7.99. The molecule has 1 aliphatic rings. The summed E-state index contributed by atoms with van der Waals surface area (Å²) in [6.45, 7) is 5.00. The van der Waals surface area contributed by atoms with Gasteiger partial charge < -0.3 is 19.0 Å². The van der Waals surface area contributed by atoms with Gasteiger partial charge in [-0.25, -0.2) is 0 Å². The van der Waals surface area contributed by atoms with E-state index < -0.39 is 4.92 Å². The third kappa shape index (κ3) is 4.03. The van der Waals surface area contributed by atoms with Crippen LogP contribution in [-0.2, 0) is 13.1 Å².